The zero-order valence-electron chi connectivity index (χ0n) is 14.4. The van der Waals surface area contributed by atoms with Gasteiger partial charge >= 0.3 is 0 Å². The van der Waals surface area contributed by atoms with Gasteiger partial charge in [0.2, 0.25) is 15.9 Å². The van der Waals surface area contributed by atoms with Crippen LogP contribution in [0.5, 0.6) is 0 Å². The highest BCUT2D eigenvalue weighted by Gasteiger charge is 2.34. The molecule has 25 heavy (non-hydrogen) atoms. The maximum Gasteiger partial charge on any atom is 0.243 e. The first-order valence-electron chi connectivity index (χ1n) is 8.55. The van der Waals surface area contributed by atoms with Crippen molar-refractivity contribution in [3.63, 3.8) is 0 Å². The molecule has 2 fully saturated rings. The van der Waals surface area contributed by atoms with Gasteiger partial charge in [-0.2, -0.15) is 4.31 Å². The van der Waals surface area contributed by atoms with Gasteiger partial charge in [-0.1, -0.05) is 17.7 Å². The van der Waals surface area contributed by atoms with Crippen molar-refractivity contribution < 1.29 is 13.2 Å². The Hall–Kier alpha value is -1.15. The summed E-state index contributed by atoms with van der Waals surface area (Å²) in [6.45, 7) is 4.39. The van der Waals surface area contributed by atoms with Gasteiger partial charge in [-0.25, -0.2) is 8.42 Å². The van der Waals surface area contributed by atoms with Gasteiger partial charge < -0.3 is 10.6 Å². The van der Waals surface area contributed by atoms with Gasteiger partial charge in [-0.3, -0.25) is 4.79 Å². The summed E-state index contributed by atoms with van der Waals surface area (Å²) in [4.78, 5) is 12.7. The molecule has 6 nitrogen and oxygen atoms in total. The number of carbonyl (C=O) groups is 1. The summed E-state index contributed by atoms with van der Waals surface area (Å²) in [6.07, 6.45) is 2.39. The molecule has 0 radical (unpaired) electrons. The summed E-state index contributed by atoms with van der Waals surface area (Å²) in [7, 11) is -3.53. The summed E-state index contributed by atoms with van der Waals surface area (Å²) in [6, 6.07) is 7.04. The molecule has 3 rings (SSSR count). The molecule has 2 aliphatic rings. The molecule has 0 spiro atoms. The Morgan fingerprint density at radius 1 is 1.24 bits per heavy atom. The summed E-state index contributed by atoms with van der Waals surface area (Å²) in [5.41, 5.74) is 1.02. The Bertz CT molecular complexity index is 688. The van der Waals surface area contributed by atoms with Crippen molar-refractivity contribution in [1.82, 2.24) is 14.9 Å². The Morgan fingerprint density at radius 3 is 2.60 bits per heavy atom. The summed E-state index contributed by atoms with van der Waals surface area (Å²) >= 11 is 0. The molecule has 2 unspecified atom stereocenters. The van der Waals surface area contributed by atoms with Crippen LogP contribution in [-0.4, -0.2) is 50.9 Å². The van der Waals surface area contributed by atoms with Gasteiger partial charge in [-0.05, 0) is 44.9 Å². The standard InChI is InChI=1S/C17H25N3O3S.ClH/c1-13-4-6-16(7-5-13)24(22,23)20-10-2-3-14(12-20)17(21)19-15-8-9-18-11-15;/h4-7,14-15,18H,2-3,8-12H2,1H3,(H,19,21);1H. The number of rotatable bonds is 4. The lowest BCUT2D eigenvalue weighted by Crippen LogP contribution is -2.47. The number of hydrogen-bond donors (Lipinski definition) is 2. The molecule has 140 valence electrons. The Labute approximate surface area is 155 Å². The number of carbonyl (C=O) groups excluding carboxylic acids is 1. The van der Waals surface area contributed by atoms with E-state index in [4.69, 9.17) is 0 Å². The minimum absolute atomic E-state index is 0. The highest BCUT2D eigenvalue weighted by molar-refractivity contribution is 7.89. The van der Waals surface area contributed by atoms with Crippen LogP contribution in [0.15, 0.2) is 29.2 Å². The lowest BCUT2D eigenvalue weighted by Gasteiger charge is -2.31. The van der Waals surface area contributed by atoms with Crippen LogP contribution in [0.1, 0.15) is 24.8 Å². The molecule has 2 saturated heterocycles. The molecule has 0 saturated carbocycles. The predicted molar refractivity (Wildman–Crippen MR) is 99.3 cm³/mol. The van der Waals surface area contributed by atoms with E-state index in [0.29, 0.717) is 17.9 Å². The smallest absolute Gasteiger partial charge is 0.243 e. The first kappa shape index (κ1) is 20.2. The van der Waals surface area contributed by atoms with Gasteiger partial charge in [0.25, 0.3) is 0 Å². The van der Waals surface area contributed by atoms with Gasteiger partial charge in [-0.15, -0.1) is 12.4 Å². The third-order valence-corrected chi connectivity index (χ3v) is 6.70. The normalized spacial score (nSPS) is 24.5. The van der Waals surface area contributed by atoms with E-state index in [1.54, 1.807) is 24.3 Å². The van der Waals surface area contributed by atoms with E-state index in [-0.39, 0.29) is 36.8 Å². The molecular formula is C17H26ClN3O3S. The molecule has 1 amide bonds. The molecule has 2 heterocycles. The predicted octanol–water partition coefficient (Wildman–Crippen LogP) is 1.30. The van der Waals surface area contributed by atoms with E-state index in [0.717, 1.165) is 31.5 Å². The Balaban J connectivity index is 0.00000225. The number of halogens is 1. The number of amides is 1. The highest BCUT2D eigenvalue weighted by Crippen LogP contribution is 2.24. The van der Waals surface area contributed by atoms with E-state index in [9.17, 15) is 13.2 Å². The summed E-state index contributed by atoms with van der Waals surface area (Å²) < 4.78 is 27.0. The van der Waals surface area contributed by atoms with Crippen molar-refractivity contribution in [2.75, 3.05) is 26.2 Å². The molecule has 1 aromatic carbocycles. The average molecular weight is 388 g/mol. The largest absolute Gasteiger partial charge is 0.352 e. The third-order valence-electron chi connectivity index (χ3n) is 4.82. The molecule has 0 bridgehead atoms. The fraction of sp³-hybridized carbons (Fsp3) is 0.588. The van der Waals surface area contributed by atoms with E-state index < -0.39 is 10.0 Å². The number of aryl methyl sites for hydroxylation is 1. The Morgan fingerprint density at radius 2 is 1.96 bits per heavy atom. The van der Waals surface area contributed by atoms with Crippen LogP contribution >= 0.6 is 12.4 Å². The maximum atomic E-state index is 12.8. The quantitative estimate of drug-likeness (QED) is 0.816. The SMILES string of the molecule is Cc1ccc(S(=O)(=O)N2CCCC(C(=O)NC3CCNC3)C2)cc1.Cl. The van der Waals surface area contributed by atoms with Crippen LogP contribution in [0.3, 0.4) is 0 Å². The fourth-order valence-corrected chi connectivity index (χ4v) is 4.85. The van der Waals surface area contributed by atoms with Crippen LogP contribution in [0.4, 0.5) is 0 Å². The van der Waals surface area contributed by atoms with Crippen molar-refractivity contribution in [3.05, 3.63) is 29.8 Å². The fourth-order valence-electron chi connectivity index (χ4n) is 3.33. The van der Waals surface area contributed by atoms with Crippen LogP contribution in [-0.2, 0) is 14.8 Å². The third kappa shape index (κ3) is 4.73. The molecule has 0 aliphatic carbocycles. The van der Waals surface area contributed by atoms with Crippen LogP contribution in [0.25, 0.3) is 0 Å². The van der Waals surface area contributed by atoms with Crippen molar-refractivity contribution >= 4 is 28.3 Å². The van der Waals surface area contributed by atoms with Crippen molar-refractivity contribution in [3.8, 4) is 0 Å². The molecule has 0 aromatic heterocycles. The van der Waals surface area contributed by atoms with Gasteiger partial charge in [0.15, 0.2) is 0 Å². The second-order valence-corrected chi connectivity index (χ2v) is 8.65. The second kappa shape index (κ2) is 8.49. The van der Waals surface area contributed by atoms with E-state index in [2.05, 4.69) is 10.6 Å². The number of piperidine rings is 1. The molecule has 2 atom stereocenters. The van der Waals surface area contributed by atoms with Crippen LogP contribution < -0.4 is 10.6 Å². The first-order valence-corrected chi connectivity index (χ1v) is 9.99. The number of nitrogens with one attached hydrogen (secondary N) is 2. The molecule has 2 aliphatic heterocycles. The lowest BCUT2D eigenvalue weighted by molar-refractivity contribution is -0.126. The number of benzene rings is 1. The van der Waals surface area contributed by atoms with Crippen molar-refractivity contribution in [1.29, 1.82) is 0 Å². The maximum absolute atomic E-state index is 12.8. The average Bonchev–Trinajstić information content (AvgIpc) is 3.08. The van der Waals surface area contributed by atoms with E-state index in [1.165, 1.54) is 4.31 Å². The van der Waals surface area contributed by atoms with Crippen molar-refractivity contribution in [2.24, 2.45) is 5.92 Å². The van der Waals surface area contributed by atoms with Crippen molar-refractivity contribution in [2.45, 2.75) is 37.1 Å². The van der Waals surface area contributed by atoms with Gasteiger partial charge in [0, 0.05) is 25.7 Å². The first-order chi connectivity index (χ1) is 11.5. The highest BCUT2D eigenvalue weighted by atomic mass is 35.5. The topological polar surface area (TPSA) is 78.5 Å². The van der Waals surface area contributed by atoms with Crippen LogP contribution in [0, 0.1) is 12.8 Å². The number of sulfonamides is 1. The zero-order chi connectivity index (χ0) is 17.2. The number of hydrogen-bond acceptors (Lipinski definition) is 4. The lowest BCUT2D eigenvalue weighted by atomic mass is 9.98. The van der Waals surface area contributed by atoms with E-state index in [1.807, 2.05) is 6.92 Å². The molecule has 2 N–H and O–H groups in total. The summed E-state index contributed by atoms with van der Waals surface area (Å²) in [5, 5.41) is 6.26. The van der Waals surface area contributed by atoms with E-state index >= 15 is 0 Å². The minimum Gasteiger partial charge on any atom is -0.352 e. The second-order valence-electron chi connectivity index (χ2n) is 6.71. The molecular weight excluding hydrogens is 362 g/mol. The molecule has 8 heteroatoms. The minimum atomic E-state index is -3.53. The Kier molecular flexibility index (Phi) is 6.85. The monoisotopic (exact) mass is 387 g/mol. The summed E-state index contributed by atoms with van der Waals surface area (Å²) in [5.74, 6) is -0.285. The zero-order valence-corrected chi connectivity index (χ0v) is 16.0. The van der Waals surface area contributed by atoms with Gasteiger partial charge in [0.05, 0.1) is 10.8 Å². The van der Waals surface area contributed by atoms with Gasteiger partial charge in [0.1, 0.15) is 0 Å². The van der Waals surface area contributed by atoms with Crippen LogP contribution in [0.2, 0.25) is 0 Å². The number of nitrogens with zero attached hydrogens (tertiary/aromatic N) is 1. The molecule has 1 aromatic rings.